The van der Waals surface area contributed by atoms with Gasteiger partial charge in [0.1, 0.15) is 5.69 Å². The fourth-order valence-corrected chi connectivity index (χ4v) is 1.94. The number of thioether (sulfide) groups is 1. The number of aromatic nitrogens is 3. The van der Waals surface area contributed by atoms with E-state index in [-0.39, 0.29) is 30.1 Å². The SMILES string of the molecule is CC.COC(=O)CCc1nnc2n(c1=O)N=CCS2. The van der Waals surface area contributed by atoms with Gasteiger partial charge in [0.15, 0.2) is 0 Å². The van der Waals surface area contributed by atoms with E-state index in [9.17, 15) is 9.59 Å². The highest BCUT2D eigenvalue weighted by molar-refractivity contribution is 7.99. The van der Waals surface area contributed by atoms with Crippen LogP contribution in [0, 0.1) is 0 Å². The Morgan fingerprint density at radius 1 is 1.47 bits per heavy atom. The molecule has 1 aromatic heterocycles. The van der Waals surface area contributed by atoms with Crippen LogP contribution in [0.2, 0.25) is 0 Å². The maximum atomic E-state index is 11.9. The van der Waals surface area contributed by atoms with Gasteiger partial charge in [-0.25, -0.2) is 0 Å². The Hall–Kier alpha value is -1.70. The van der Waals surface area contributed by atoms with Gasteiger partial charge >= 0.3 is 5.97 Å². The van der Waals surface area contributed by atoms with Crippen LogP contribution in [0.5, 0.6) is 0 Å². The number of nitrogens with zero attached hydrogens (tertiary/aromatic N) is 4. The lowest BCUT2D eigenvalue weighted by Gasteiger charge is -2.09. The fraction of sp³-hybridized carbons (Fsp3) is 0.545. The molecule has 2 rings (SSSR count). The van der Waals surface area contributed by atoms with Crippen molar-refractivity contribution in [3.63, 3.8) is 0 Å². The van der Waals surface area contributed by atoms with E-state index in [1.165, 1.54) is 23.5 Å². The number of ether oxygens (including phenoxy) is 1. The van der Waals surface area contributed by atoms with Crippen LogP contribution in [-0.4, -0.2) is 39.9 Å². The Labute approximate surface area is 115 Å². The van der Waals surface area contributed by atoms with Crippen molar-refractivity contribution in [2.75, 3.05) is 12.9 Å². The van der Waals surface area contributed by atoms with Crippen molar-refractivity contribution in [1.82, 2.24) is 14.9 Å². The van der Waals surface area contributed by atoms with Gasteiger partial charge in [-0.05, 0) is 0 Å². The Kier molecular flexibility index (Phi) is 6.20. The number of hydrogen-bond acceptors (Lipinski definition) is 7. The van der Waals surface area contributed by atoms with Crippen molar-refractivity contribution in [2.24, 2.45) is 5.10 Å². The number of fused-ring (bicyclic) bond motifs is 1. The highest BCUT2D eigenvalue weighted by Gasteiger charge is 2.15. The molecule has 0 unspecified atom stereocenters. The molecule has 0 N–H and O–H groups in total. The Bertz CT molecular complexity index is 527. The quantitative estimate of drug-likeness (QED) is 0.760. The number of hydrogen-bond donors (Lipinski definition) is 0. The zero-order valence-electron chi connectivity index (χ0n) is 11.1. The van der Waals surface area contributed by atoms with E-state index in [1.54, 1.807) is 6.21 Å². The summed E-state index contributed by atoms with van der Waals surface area (Å²) in [7, 11) is 1.30. The van der Waals surface area contributed by atoms with Crippen molar-refractivity contribution in [1.29, 1.82) is 0 Å². The number of aryl methyl sites for hydroxylation is 1. The number of esters is 1. The molecular weight excluding hydrogens is 268 g/mol. The average molecular weight is 284 g/mol. The molecule has 0 fully saturated rings. The second kappa shape index (κ2) is 7.67. The topological polar surface area (TPSA) is 86.4 Å². The molecule has 7 nitrogen and oxygen atoms in total. The number of methoxy groups -OCH3 is 1. The monoisotopic (exact) mass is 284 g/mol. The van der Waals surface area contributed by atoms with Crippen molar-refractivity contribution >= 4 is 23.9 Å². The molecular formula is C11H16N4O3S. The lowest BCUT2D eigenvalue weighted by atomic mass is 10.2. The van der Waals surface area contributed by atoms with Gasteiger partial charge in [-0.15, -0.1) is 10.2 Å². The van der Waals surface area contributed by atoms with Crippen molar-refractivity contribution in [3.05, 3.63) is 16.0 Å². The van der Waals surface area contributed by atoms with Crippen LogP contribution in [0.4, 0.5) is 0 Å². The van der Waals surface area contributed by atoms with Crippen molar-refractivity contribution in [2.45, 2.75) is 31.8 Å². The lowest BCUT2D eigenvalue weighted by Crippen LogP contribution is -2.27. The Balaban J connectivity index is 0.000000861. The van der Waals surface area contributed by atoms with Gasteiger partial charge in [0, 0.05) is 18.4 Å². The zero-order valence-corrected chi connectivity index (χ0v) is 11.9. The first-order chi connectivity index (χ1) is 9.22. The summed E-state index contributed by atoms with van der Waals surface area (Å²) in [5.74, 6) is 0.294. The van der Waals surface area contributed by atoms with E-state index >= 15 is 0 Å². The summed E-state index contributed by atoms with van der Waals surface area (Å²) in [5, 5.41) is 12.1. The minimum atomic E-state index is -0.383. The first-order valence-electron chi connectivity index (χ1n) is 5.93. The molecule has 1 aromatic rings. The summed E-state index contributed by atoms with van der Waals surface area (Å²) in [5.41, 5.74) is -0.110. The van der Waals surface area contributed by atoms with E-state index in [2.05, 4.69) is 20.0 Å². The summed E-state index contributed by atoms with van der Waals surface area (Å²) < 4.78 is 5.70. The molecule has 0 aliphatic carbocycles. The second-order valence-corrected chi connectivity index (χ2v) is 4.22. The summed E-state index contributed by atoms with van der Waals surface area (Å²) >= 11 is 1.39. The minimum absolute atomic E-state index is 0.108. The highest BCUT2D eigenvalue weighted by Crippen LogP contribution is 2.14. The molecule has 0 atom stereocenters. The molecule has 0 saturated carbocycles. The van der Waals surface area contributed by atoms with Crippen LogP contribution in [-0.2, 0) is 16.0 Å². The predicted octanol–water partition coefficient (Wildman–Crippen LogP) is 0.710. The fourth-order valence-electron chi connectivity index (χ4n) is 1.30. The van der Waals surface area contributed by atoms with Gasteiger partial charge in [-0.2, -0.15) is 9.78 Å². The second-order valence-electron chi connectivity index (χ2n) is 3.23. The van der Waals surface area contributed by atoms with Gasteiger partial charge in [0.2, 0.25) is 5.16 Å². The third-order valence-electron chi connectivity index (χ3n) is 2.15. The van der Waals surface area contributed by atoms with Crippen molar-refractivity contribution < 1.29 is 9.53 Å². The molecule has 1 aliphatic rings. The van der Waals surface area contributed by atoms with Crippen LogP contribution >= 0.6 is 11.8 Å². The van der Waals surface area contributed by atoms with Crippen LogP contribution in [0.1, 0.15) is 26.0 Å². The highest BCUT2D eigenvalue weighted by atomic mass is 32.2. The van der Waals surface area contributed by atoms with Crippen LogP contribution in [0.25, 0.3) is 0 Å². The predicted molar refractivity (Wildman–Crippen MR) is 72.6 cm³/mol. The zero-order chi connectivity index (χ0) is 14.3. The molecule has 0 aromatic carbocycles. The van der Waals surface area contributed by atoms with Gasteiger partial charge in [-0.3, -0.25) is 9.59 Å². The number of rotatable bonds is 3. The molecule has 1 aliphatic heterocycles. The van der Waals surface area contributed by atoms with Gasteiger partial charge in [0.25, 0.3) is 5.56 Å². The molecule has 0 bridgehead atoms. The molecule has 0 amide bonds. The molecule has 0 saturated heterocycles. The van der Waals surface area contributed by atoms with Gasteiger partial charge in [0.05, 0.1) is 13.5 Å². The largest absolute Gasteiger partial charge is 0.469 e. The first-order valence-corrected chi connectivity index (χ1v) is 6.92. The van der Waals surface area contributed by atoms with Gasteiger partial charge < -0.3 is 4.74 Å². The van der Waals surface area contributed by atoms with E-state index in [1.807, 2.05) is 13.8 Å². The van der Waals surface area contributed by atoms with E-state index in [4.69, 9.17) is 0 Å². The third kappa shape index (κ3) is 3.88. The van der Waals surface area contributed by atoms with E-state index < -0.39 is 0 Å². The van der Waals surface area contributed by atoms with Gasteiger partial charge in [-0.1, -0.05) is 25.6 Å². The normalized spacial score (nSPS) is 12.2. The van der Waals surface area contributed by atoms with E-state index in [0.29, 0.717) is 10.9 Å². The Morgan fingerprint density at radius 2 is 2.21 bits per heavy atom. The molecule has 2 heterocycles. The third-order valence-corrected chi connectivity index (χ3v) is 2.98. The summed E-state index contributed by atoms with van der Waals surface area (Å²) in [6.07, 6.45) is 1.94. The van der Waals surface area contributed by atoms with E-state index in [0.717, 1.165) is 0 Å². The summed E-state index contributed by atoms with van der Waals surface area (Å²) in [6, 6.07) is 0. The van der Waals surface area contributed by atoms with Crippen LogP contribution in [0.3, 0.4) is 0 Å². The Morgan fingerprint density at radius 3 is 2.89 bits per heavy atom. The molecule has 8 heteroatoms. The molecule has 0 radical (unpaired) electrons. The smallest absolute Gasteiger partial charge is 0.305 e. The average Bonchev–Trinajstić information content (AvgIpc) is 2.48. The molecule has 0 spiro atoms. The minimum Gasteiger partial charge on any atom is -0.469 e. The number of carbonyl (C=O) groups is 1. The lowest BCUT2D eigenvalue weighted by molar-refractivity contribution is -0.140. The summed E-state index contributed by atoms with van der Waals surface area (Å²) in [6.45, 7) is 4.00. The number of carbonyl (C=O) groups excluding carboxylic acids is 1. The van der Waals surface area contributed by atoms with Crippen molar-refractivity contribution in [3.8, 4) is 0 Å². The molecule has 19 heavy (non-hydrogen) atoms. The van der Waals surface area contributed by atoms with Crippen LogP contribution < -0.4 is 5.56 Å². The van der Waals surface area contributed by atoms with Crippen LogP contribution in [0.15, 0.2) is 15.1 Å². The standard InChI is InChI=1S/C9H10N4O3S.C2H6/c1-16-7(14)3-2-6-8(15)13-9(12-11-6)17-5-4-10-13;1-2/h4H,2-3,5H2,1H3;1-2H3. The maximum absolute atomic E-state index is 11.9. The summed E-state index contributed by atoms with van der Waals surface area (Å²) in [4.78, 5) is 22.9. The molecule has 104 valence electrons. The maximum Gasteiger partial charge on any atom is 0.305 e. The first kappa shape index (κ1) is 15.4.